The molecule has 0 bridgehead atoms. The van der Waals surface area contributed by atoms with Gasteiger partial charge in [-0.15, -0.1) is 11.8 Å². The van der Waals surface area contributed by atoms with Crippen LogP contribution in [-0.4, -0.2) is 5.25 Å². The monoisotopic (exact) mass is 213 g/mol. The Kier molecular flexibility index (Phi) is 4.42. The zero-order valence-electron chi connectivity index (χ0n) is 8.59. The Hall–Kier alpha value is -0.540. The van der Waals surface area contributed by atoms with Crippen LogP contribution in [0.1, 0.15) is 25.8 Å². The molecule has 0 aliphatic rings. The molecule has 0 aliphatic heterocycles. The van der Waals surface area contributed by atoms with E-state index in [1.165, 1.54) is 6.07 Å². The lowest BCUT2D eigenvalue weighted by Gasteiger charge is -2.09. The Morgan fingerprint density at radius 2 is 2.14 bits per heavy atom. The van der Waals surface area contributed by atoms with Gasteiger partial charge in [0.15, 0.2) is 0 Å². The number of benzene rings is 1. The third-order valence-corrected chi connectivity index (χ3v) is 3.32. The van der Waals surface area contributed by atoms with Crippen molar-refractivity contribution in [3.8, 4) is 0 Å². The van der Waals surface area contributed by atoms with Crippen molar-refractivity contribution in [2.45, 2.75) is 37.0 Å². The molecule has 14 heavy (non-hydrogen) atoms. The molecule has 78 valence electrons. The molecule has 1 rings (SSSR count). The van der Waals surface area contributed by atoms with Gasteiger partial charge in [0.2, 0.25) is 0 Å². The average Bonchev–Trinajstić information content (AvgIpc) is 2.16. The standard InChI is InChI=1S/C11H16FNS/c1-3-8(2)14-11-5-9(7-13)4-10(12)6-11/h4-6,8H,3,7,13H2,1-2H3. The van der Waals surface area contributed by atoms with Gasteiger partial charge in [-0.3, -0.25) is 0 Å². The summed E-state index contributed by atoms with van der Waals surface area (Å²) < 4.78 is 13.1. The van der Waals surface area contributed by atoms with Crippen LogP contribution >= 0.6 is 11.8 Å². The molecule has 0 fully saturated rings. The van der Waals surface area contributed by atoms with Gasteiger partial charge in [0.25, 0.3) is 0 Å². The summed E-state index contributed by atoms with van der Waals surface area (Å²) in [6, 6.07) is 5.01. The van der Waals surface area contributed by atoms with Gasteiger partial charge >= 0.3 is 0 Å². The predicted octanol–water partition coefficient (Wildman–Crippen LogP) is 3.18. The third-order valence-electron chi connectivity index (χ3n) is 2.08. The zero-order chi connectivity index (χ0) is 10.6. The van der Waals surface area contributed by atoms with Gasteiger partial charge in [0.05, 0.1) is 0 Å². The first-order valence-electron chi connectivity index (χ1n) is 4.82. The molecule has 1 aromatic carbocycles. The molecule has 1 unspecified atom stereocenters. The van der Waals surface area contributed by atoms with E-state index >= 15 is 0 Å². The van der Waals surface area contributed by atoms with Crippen LogP contribution in [0.3, 0.4) is 0 Å². The molecule has 0 heterocycles. The molecule has 0 aliphatic carbocycles. The molecule has 2 N–H and O–H groups in total. The minimum atomic E-state index is -0.196. The van der Waals surface area contributed by atoms with Crippen molar-refractivity contribution >= 4 is 11.8 Å². The normalized spacial score (nSPS) is 12.9. The van der Waals surface area contributed by atoms with Crippen molar-refractivity contribution in [2.24, 2.45) is 5.73 Å². The predicted molar refractivity (Wildman–Crippen MR) is 59.9 cm³/mol. The van der Waals surface area contributed by atoms with Gasteiger partial charge < -0.3 is 5.73 Å². The fourth-order valence-corrected chi connectivity index (χ4v) is 2.15. The van der Waals surface area contributed by atoms with Gasteiger partial charge in [0, 0.05) is 16.7 Å². The summed E-state index contributed by atoms with van der Waals surface area (Å²) in [6.45, 7) is 4.66. The first-order valence-corrected chi connectivity index (χ1v) is 5.70. The van der Waals surface area contributed by atoms with Crippen molar-refractivity contribution in [3.05, 3.63) is 29.6 Å². The number of hydrogen-bond acceptors (Lipinski definition) is 2. The van der Waals surface area contributed by atoms with Gasteiger partial charge in [-0.25, -0.2) is 4.39 Å². The maximum absolute atomic E-state index is 13.1. The van der Waals surface area contributed by atoms with Crippen LogP contribution in [-0.2, 0) is 6.54 Å². The lowest BCUT2D eigenvalue weighted by Crippen LogP contribution is -1.98. The minimum Gasteiger partial charge on any atom is -0.326 e. The van der Waals surface area contributed by atoms with Crippen LogP contribution in [0, 0.1) is 5.82 Å². The second-order valence-corrected chi connectivity index (χ2v) is 4.85. The van der Waals surface area contributed by atoms with Gasteiger partial charge in [-0.1, -0.05) is 13.8 Å². The zero-order valence-corrected chi connectivity index (χ0v) is 9.40. The molecular weight excluding hydrogens is 197 g/mol. The third kappa shape index (κ3) is 3.31. The van der Waals surface area contributed by atoms with Crippen molar-refractivity contribution in [1.29, 1.82) is 0 Å². The highest BCUT2D eigenvalue weighted by molar-refractivity contribution is 7.99. The van der Waals surface area contributed by atoms with Crippen molar-refractivity contribution in [1.82, 2.24) is 0 Å². The molecule has 0 aromatic heterocycles. The fraction of sp³-hybridized carbons (Fsp3) is 0.455. The molecule has 0 saturated carbocycles. The van der Waals surface area contributed by atoms with E-state index in [1.54, 1.807) is 17.8 Å². The van der Waals surface area contributed by atoms with E-state index in [0.29, 0.717) is 11.8 Å². The van der Waals surface area contributed by atoms with Crippen LogP contribution in [0.2, 0.25) is 0 Å². The summed E-state index contributed by atoms with van der Waals surface area (Å²) in [5, 5.41) is 0.516. The summed E-state index contributed by atoms with van der Waals surface area (Å²) in [5.41, 5.74) is 6.33. The van der Waals surface area contributed by atoms with E-state index in [2.05, 4.69) is 13.8 Å². The molecule has 0 amide bonds. The molecule has 0 spiro atoms. The van der Waals surface area contributed by atoms with E-state index in [4.69, 9.17) is 5.73 Å². The Bertz CT molecular complexity index is 301. The first kappa shape index (κ1) is 11.5. The van der Waals surface area contributed by atoms with E-state index in [-0.39, 0.29) is 5.82 Å². The topological polar surface area (TPSA) is 26.0 Å². The molecule has 1 nitrogen and oxygen atoms in total. The Morgan fingerprint density at radius 1 is 1.43 bits per heavy atom. The number of thioether (sulfide) groups is 1. The van der Waals surface area contributed by atoms with Gasteiger partial charge in [-0.2, -0.15) is 0 Å². The summed E-state index contributed by atoms with van der Waals surface area (Å²) >= 11 is 1.69. The highest BCUT2D eigenvalue weighted by atomic mass is 32.2. The summed E-state index contributed by atoms with van der Waals surface area (Å²) in [5.74, 6) is -0.196. The van der Waals surface area contributed by atoms with E-state index in [1.807, 2.05) is 6.07 Å². The van der Waals surface area contributed by atoms with Gasteiger partial charge in [0.1, 0.15) is 5.82 Å². The Morgan fingerprint density at radius 3 is 2.71 bits per heavy atom. The van der Waals surface area contributed by atoms with Gasteiger partial charge in [-0.05, 0) is 30.2 Å². The fourth-order valence-electron chi connectivity index (χ4n) is 1.12. The summed E-state index contributed by atoms with van der Waals surface area (Å²) in [7, 11) is 0. The van der Waals surface area contributed by atoms with Crippen LogP contribution in [0.25, 0.3) is 0 Å². The van der Waals surface area contributed by atoms with Crippen molar-refractivity contribution in [2.75, 3.05) is 0 Å². The molecule has 0 radical (unpaired) electrons. The quantitative estimate of drug-likeness (QED) is 0.777. The lowest BCUT2D eigenvalue weighted by atomic mass is 10.2. The van der Waals surface area contributed by atoms with Crippen LogP contribution in [0.5, 0.6) is 0 Å². The smallest absolute Gasteiger partial charge is 0.124 e. The van der Waals surface area contributed by atoms with Crippen molar-refractivity contribution in [3.63, 3.8) is 0 Å². The summed E-state index contributed by atoms with van der Waals surface area (Å²) in [4.78, 5) is 0.972. The minimum absolute atomic E-state index is 0.196. The van der Waals surface area contributed by atoms with E-state index < -0.39 is 0 Å². The maximum Gasteiger partial charge on any atom is 0.124 e. The second-order valence-electron chi connectivity index (χ2n) is 3.34. The second kappa shape index (κ2) is 5.37. The number of nitrogens with two attached hydrogens (primary N) is 1. The Labute approximate surface area is 88.9 Å². The molecule has 1 aromatic rings. The lowest BCUT2D eigenvalue weighted by molar-refractivity contribution is 0.621. The molecule has 1 atom stereocenters. The van der Waals surface area contributed by atoms with Crippen LogP contribution in [0.15, 0.2) is 23.1 Å². The largest absolute Gasteiger partial charge is 0.326 e. The van der Waals surface area contributed by atoms with Crippen LogP contribution in [0.4, 0.5) is 4.39 Å². The summed E-state index contributed by atoms with van der Waals surface area (Å²) in [6.07, 6.45) is 1.08. The maximum atomic E-state index is 13.1. The average molecular weight is 213 g/mol. The van der Waals surface area contributed by atoms with E-state index in [0.717, 1.165) is 16.9 Å². The molecular formula is C11H16FNS. The first-order chi connectivity index (χ1) is 6.65. The molecule has 0 saturated heterocycles. The van der Waals surface area contributed by atoms with Crippen LogP contribution < -0.4 is 5.73 Å². The molecule has 3 heteroatoms. The number of halogens is 1. The number of hydrogen-bond donors (Lipinski definition) is 1. The number of rotatable bonds is 4. The SMILES string of the molecule is CCC(C)Sc1cc(F)cc(CN)c1. The highest BCUT2D eigenvalue weighted by Crippen LogP contribution is 2.26. The van der Waals surface area contributed by atoms with E-state index in [9.17, 15) is 4.39 Å². The van der Waals surface area contributed by atoms with Crippen molar-refractivity contribution < 1.29 is 4.39 Å². The Balaban J connectivity index is 2.81. The highest BCUT2D eigenvalue weighted by Gasteiger charge is 2.04.